The second-order valence-electron chi connectivity index (χ2n) is 4.90. The van der Waals surface area contributed by atoms with Gasteiger partial charge < -0.3 is 9.84 Å². The average molecular weight is 257 g/mol. The first-order valence-electron chi connectivity index (χ1n) is 6.48. The lowest BCUT2D eigenvalue weighted by Crippen LogP contribution is -1.97. The van der Waals surface area contributed by atoms with Gasteiger partial charge in [-0.05, 0) is 36.1 Å². The van der Waals surface area contributed by atoms with E-state index in [1.807, 2.05) is 18.2 Å². The van der Waals surface area contributed by atoms with Crippen molar-refractivity contribution < 1.29 is 9.84 Å². The van der Waals surface area contributed by atoms with Gasteiger partial charge in [0.2, 0.25) is 5.88 Å². The molecule has 0 aliphatic carbocycles. The number of nitrogens with zero attached hydrogens (tertiary/aromatic N) is 1. The molecule has 2 aromatic rings. The van der Waals surface area contributed by atoms with Gasteiger partial charge in [-0.3, -0.25) is 0 Å². The van der Waals surface area contributed by atoms with E-state index < -0.39 is 6.10 Å². The summed E-state index contributed by atoms with van der Waals surface area (Å²) >= 11 is 0. The first-order valence-corrected chi connectivity index (χ1v) is 6.48. The van der Waals surface area contributed by atoms with E-state index in [1.165, 1.54) is 0 Å². The first kappa shape index (κ1) is 13.6. The molecule has 0 spiro atoms. The zero-order valence-electron chi connectivity index (χ0n) is 11.5. The molecule has 3 heteroatoms. The van der Waals surface area contributed by atoms with E-state index in [0.29, 0.717) is 11.8 Å². The van der Waals surface area contributed by atoms with Crippen molar-refractivity contribution in [2.24, 2.45) is 0 Å². The summed E-state index contributed by atoms with van der Waals surface area (Å²) in [4.78, 5) is 4.18. The lowest BCUT2D eigenvalue weighted by molar-refractivity contribution is 0.198. The van der Waals surface area contributed by atoms with Crippen LogP contribution in [0.25, 0.3) is 0 Å². The number of hydrogen-bond acceptors (Lipinski definition) is 3. The van der Waals surface area contributed by atoms with Crippen LogP contribution in [-0.4, -0.2) is 10.1 Å². The summed E-state index contributed by atoms with van der Waals surface area (Å²) in [6.07, 6.45) is 1.13. The molecule has 1 atom stereocenters. The SMILES string of the molecule is CC(C)c1ccccc1Oc1cc([C@H](C)O)ccn1. The number of para-hydroxylation sites is 1. The van der Waals surface area contributed by atoms with Gasteiger partial charge in [-0.15, -0.1) is 0 Å². The fourth-order valence-corrected chi connectivity index (χ4v) is 1.90. The summed E-state index contributed by atoms with van der Waals surface area (Å²) in [5.41, 5.74) is 1.94. The Bertz CT molecular complexity index is 550. The molecule has 19 heavy (non-hydrogen) atoms. The Kier molecular flexibility index (Phi) is 4.17. The van der Waals surface area contributed by atoms with Crippen molar-refractivity contribution in [1.82, 2.24) is 4.98 Å². The minimum Gasteiger partial charge on any atom is -0.439 e. The molecule has 1 aromatic heterocycles. The number of benzene rings is 1. The number of aromatic nitrogens is 1. The summed E-state index contributed by atoms with van der Waals surface area (Å²) in [5, 5.41) is 9.57. The fourth-order valence-electron chi connectivity index (χ4n) is 1.90. The number of aliphatic hydroxyl groups excluding tert-OH is 1. The van der Waals surface area contributed by atoms with E-state index in [0.717, 1.165) is 16.9 Å². The lowest BCUT2D eigenvalue weighted by atomic mass is 10.0. The van der Waals surface area contributed by atoms with E-state index in [2.05, 4.69) is 24.9 Å². The van der Waals surface area contributed by atoms with E-state index in [-0.39, 0.29) is 0 Å². The molecule has 2 rings (SSSR count). The second-order valence-corrected chi connectivity index (χ2v) is 4.90. The van der Waals surface area contributed by atoms with Crippen LogP contribution in [0.1, 0.15) is 43.9 Å². The van der Waals surface area contributed by atoms with Crippen LogP contribution in [0.4, 0.5) is 0 Å². The van der Waals surface area contributed by atoms with Crippen molar-refractivity contribution in [3.8, 4) is 11.6 Å². The zero-order chi connectivity index (χ0) is 13.8. The number of ether oxygens (including phenoxy) is 1. The van der Waals surface area contributed by atoms with Crippen molar-refractivity contribution in [2.75, 3.05) is 0 Å². The number of aliphatic hydroxyl groups is 1. The number of hydrogen-bond donors (Lipinski definition) is 1. The van der Waals surface area contributed by atoms with Gasteiger partial charge in [0.25, 0.3) is 0 Å². The van der Waals surface area contributed by atoms with Crippen LogP contribution in [-0.2, 0) is 0 Å². The third-order valence-corrected chi connectivity index (χ3v) is 3.00. The monoisotopic (exact) mass is 257 g/mol. The van der Waals surface area contributed by atoms with Gasteiger partial charge in [0.1, 0.15) is 5.75 Å². The molecule has 1 heterocycles. The molecule has 3 nitrogen and oxygen atoms in total. The summed E-state index contributed by atoms with van der Waals surface area (Å²) in [6, 6.07) is 11.5. The van der Waals surface area contributed by atoms with Crippen molar-refractivity contribution >= 4 is 0 Å². The zero-order valence-corrected chi connectivity index (χ0v) is 11.5. The maximum atomic E-state index is 9.57. The molecule has 0 saturated heterocycles. The molecular formula is C16H19NO2. The molecule has 0 unspecified atom stereocenters. The highest BCUT2D eigenvalue weighted by Gasteiger charge is 2.09. The van der Waals surface area contributed by atoms with Crippen LogP contribution >= 0.6 is 0 Å². The Morgan fingerprint density at radius 2 is 1.84 bits per heavy atom. The Labute approximate surface area is 113 Å². The molecule has 100 valence electrons. The minimum atomic E-state index is -0.523. The quantitative estimate of drug-likeness (QED) is 0.898. The van der Waals surface area contributed by atoms with Gasteiger partial charge >= 0.3 is 0 Å². The van der Waals surface area contributed by atoms with Crippen LogP contribution in [0.15, 0.2) is 42.6 Å². The Balaban J connectivity index is 2.29. The predicted molar refractivity (Wildman–Crippen MR) is 75.5 cm³/mol. The van der Waals surface area contributed by atoms with Gasteiger partial charge in [-0.2, -0.15) is 0 Å². The molecule has 0 radical (unpaired) electrons. The standard InChI is InChI=1S/C16H19NO2/c1-11(2)14-6-4-5-7-15(14)19-16-10-13(12(3)18)8-9-17-16/h4-12,18H,1-3H3/t12-/m0/s1. The summed E-state index contributed by atoms with van der Waals surface area (Å²) < 4.78 is 5.84. The largest absolute Gasteiger partial charge is 0.439 e. The Morgan fingerprint density at radius 1 is 1.11 bits per heavy atom. The molecule has 0 aliphatic rings. The van der Waals surface area contributed by atoms with Crippen molar-refractivity contribution in [1.29, 1.82) is 0 Å². The summed E-state index contributed by atoms with van der Waals surface area (Å²) in [6.45, 7) is 5.98. The van der Waals surface area contributed by atoms with Crippen LogP contribution in [0.2, 0.25) is 0 Å². The normalized spacial score (nSPS) is 12.5. The van der Waals surface area contributed by atoms with Gasteiger partial charge in [0.05, 0.1) is 6.10 Å². The van der Waals surface area contributed by atoms with Gasteiger partial charge in [-0.25, -0.2) is 4.98 Å². The smallest absolute Gasteiger partial charge is 0.219 e. The topological polar surface area (TPSA) is 42.4 Å². The van der Waals surface area contributed by atoms with Crippen molar-refractivity contribution in [3.63, 3.8) is 0 Å². The highest BCUT2D eigenvalue weighted by Crippen LogP contribution is 2.30. The third kappa shape index (κ3) is 3.32. The van der Waals surface area contributed by atoms with Crippen molar-refractivity contribution in [2.45, 2.75) is 32.8 Å². The van der Waals surface area contributed by atoms with E-state index in [4.69, 9.17) is 4.74 Å². The Hall–Kier alpha value is -1.87. The van der Waals surface area contributed by atoms with E-state index >= 15 is 0 Å². The van der Waals surface area contributed by atoms with Crippen molar-refractivity contribution in [3.05, 3.63) is 53.7 Å². The van der Waals surface area contributed by atoms with Crippen LogP contribution < -0.4 is 4.74 Å². The first-order chi connectivity index (χ1) is 9.08. The van der Waals surface area contributed by atoms with Crippen LogP contribution in [0.5, 0.6) is 11.6 Å². The maximum Gasteiger partial charge on any atom is 0.219 e. The molecule has 0 saturated carbocycles. The second kappa shape index (κ2) is 5.85. The fraction of sp³-hybridized carbons (Fsp3) is 0.312. The van der Waals surface area contributed by atoms with E-state index in [1.54, 1.807) is 25.3 Å². The van der Waals surface area contributed by atoms with Crippen LogP contribution in [0.3, 0.4) is 0 Å². The number of pyridine rings is 1. The van der Waals surface area contributed by atoms with Gasteiger partial charge in [0.15, 0.2) is 0 Å². The lowest BCUT2D eigenvalue weighted by Gasteiger charge is -2.13. The molecule has 0 aliphatic heterocycles. The predicted octanol–water partition coefficient (Wildman–Crippen LogP) is 4.05. The molecule has 1 aromatic carbocycles. The molecule has 0 bridgehead atoms. The Morgan fingerprint density at radius 3 is 2.53 bits per heavy atom. The van der Waals surface area contributed by atoms with Gasteiger partial charge in [-0.1, -0.05) is 32.0 Å². The molecule has 0 amide bonds. The highest BCUT2D eigenvalue weighted by atomic mass is 16.5. The summed E-state index contributed by atoms with van der Waals surface area (Å²) in [5.74, 6) is 1.70. The average Bonchev–Trinajstić information content (AvgIpc) is 2.39. The molecule has 0 fully saturated rings. The van der Waals surface area contributed by atoms with E-state index in [9.17, 15) is 5.11 Å². The van der Waals surface area contributed by atoms with Gasteiger partial charge in [0, 0.05) is 12.3 Å². The van der Waals surface area contributed by atoms with Crippen LogP contribution in [0, 0.1) is 0 Å². The molecule has 1 N–H and O–H groups in total. The molecular weight excluding hydrogens is 238 g/mol. The minimum absolute atomic E-state index is 0.385. The summed E-state index contributed by atoms with van der Waals surface area (Å²) in [7, 11) is 0. The third-order valence-electron chi connectivity index (χ3n) is 3.00. The maximum absolute atomic E-state index is 9.57. The number of rotatable bonds is 4. The highest BCUT2D eigenvalue weighted by molar-refractivity contribution is 5.38.